The van der Waals surface area contributed by atoms with Crippen LogP contribution in [0.15, 0.2) is 36.5 Å². The Morgan fingerprint density at radius 1 is 1.17 bits per heavy atom. The zero-order valence-corrected chi connectivity index (χ0v) is 23.5. The van der Waals surface area contributed by atoms with E-state index in [-0.39, 0.29) is 26.9 Å². The molecular formula is C27H28Cl2F2N4O6. The van der Waals surface area contributed by atoms with Crippen molar-refractivity contribution in [2.75, 3.05) is 18.6 Å². The highest BCUT2D eigenvalue weighted by atomic mass is 35.5. The lowest BCUT2D eigenvalue weighted by Gasteiger charge is -2.47. The third-order valence-electron chi connectivity index (χ3n) is 7.65. The first-order chi connectivity index (χ1) is 19.5. The van der Waals surface area contributed by atoms with E-state index in [1.165, 1.54) is 60.1 Å². The summed E-state index contributed by atoms with van der Waals surface area (Å²) in [4.78, 5) is 15.5. The number of aliphatic hydroxyl groups excluding tert-OH is 3. The first-order valence-electron chi connectivity index (χ1n) is 12.9. The average Bonchev–Trinajstić information content (AvgIpc) is 3.41. The number of nitrogens with zero attached hydrogens (tertiary/aromatic N) is 4. The molecule has 220 valence electrons. The normalized spacial score (nSPS) is 27.9. The molecule has 0 spiro atoms. The number of anilines is 1. The quantitative estimate of drug-likeness (QED) is 0.371. The van der Waals surface area contributed by atoms with Crippen LogP contribution in [0.4, 0.5) is 14.5 Å². The lowest BCUT2D eigenvalue weighted by molar-refractivity contribution is -0.211. The van der Waals surface area contributed by atoms with Crippen LogP contribution in [0.25, 0.3) is 11.3 Å². The molecule has 2 aliphatic rings. The minimum absolute atomic E-state index is 0.0221. The van der Waals surface area contributed by atoms with Gasteiger partial charge >= 0.3 is 0 Å². The molecule has 3 N–H and O–H groups in total. The second kappa shape index (κ2) is 11.9. The molecule has 7 atom stereocenters. The summed E-state index contributed by atoms with van der Waals surface area (Å²) in [5.41, 5.74) is 0.264. The Kier molecular flexibility index (Phi) is 8.63. The minimum Gasteiger partial charge on any atom is -0.394 e. The number of halogens is 4. The summed E-state index contributed by atoms with van der Waals surface area (Å²) in [5.74, 6) is -2.77. The summed E-state index contributed by atoms with van der Waals surface area (Å²) in [6, 6.07) is 5.54. The Labute approximate surface area is 244 Å². The Morgan fingerprint density at radius 3 is 2.46 bits per heavy atom. The van der Waals surface area contributed by atoms with Gasteiger partial charge in [0, 0.05) is 28.4 Å². The SMILES string of the molecule is CO[C@@H]1[C@@H](n2cc(-c3ccc(C)c(F)c3F)nn2)[C@@H](O)[C@@H](CO)O[C@H]1C(=O)N(c1cc(Cl)cc(Cl)c1)[C@H]1CC[C@@H]1O. The molecule has 3 aromatic rings. The van der Waals surface area contributed by atoms with Gasteiger partial charge in [-0.1, -0.05) is 34.5 Å². The van der Waals surface area contributed by atoms with Crippen LogP contribution in [0.3, 0.4) is 0 Å². The van der Waals surface area contributed by atoms with Gasteiger partial charge in [-0.2, -0.15) is 0 Å². The van der Waals surface area contributed by atoms with Gasteiger partial charge in [-0.3, -0.25) is 4.79 Å². The second-order valence-electron chi connectivity index (χ2n) is 10.1. The highest BCUT2D eigenvalue weighted by Gasteiger charge is 2.52. The predicted molar refractivity (Wildman–Crippen MR) is 145 cm³/mol. The Bertz CT molecular complexity index is 1420. The van der Waals surface area contributed by atoms with Crippen LogP contribution in [-0.4, -0.2) is 86.5 Å². The topological polar surface area (TPSA) is 130 Å². The smallest absolute Gasteiger partial charge is 0.259 e. The van der Waals surface area contributed by atoms with Gasteiger partial charge in [0.2, 0.25) is 0 Å². The number of methoxy groups -OCH3 is 1. The van der Waals surface area contributed by atoms with E-state index in [4.69, 9.17) is 32.7 Å². The molecule has 5 rings (SSSR count). The molecule has 1 aromatic heterocycles. The number of hydrogen-bond donors (Lipinski definition) is 3. The number of aryl methyl sites for hydroxylation is 1. The number of amides is 1. The molecule has 0 radical (unpaired) electrons. The van der Waals surface area contributed by atoms with Gasteiger partial charge in [0.05, 0.1) is 24.9 Å². The number of aromatic nitrogens is 3. The van der Waals surface area contributed by atoms with Crippen molar-refractivity contribution in [3.63, 3.8) is 0 Å². The zero-order valence-electron chi connectivity index (χ0n) is 22.0. The van der Waals surface area contributed by atoms with E-state index in [0.29, 0.717) is 18.5 Å². The first kappa shape index (κ1) is 29.8. The van der Waals surface area contributed by atoms with Crippen LogP contribution in [0.1, 0.15) is 24.4 Å². The summed E-state index contributed by atoms with van der Waals surface area (Å²) in [5, 5.41) is 40.2. The Hall–Kier alpha value is -2.71. The molecule has 1 saturated heterocycles. The van der Waals surface area contributed by atoms with Gasteiger partial charge in [0.15, 0.2) is 17.7 Å². The molecule has 0 bridgehead atoms. The largest absolute Gasteiger partial charge is 0.394 e. The zero-order chi connectivity index (χ0) is 29.6. The monoisotopic (exact) mass is 612 g/mol. The van der Waals surface area contributed by atoms with Crippen LogP contribution in [-0.2, 0) is 14.3 Å². The third-order valence-corrected chi connectivity index (χ3v) is 8.08. The summed E-state index contributed by atoms with van der Waals surface area (Å²) in [6.45, 7) is 0.766. The number of carbonyl (C=O) groups excluding carboxylic acids is 1. The van der Waals surface area contributed by atoms with Crippen molar-refractivity contribution in [2.45, 2.75) is 62.4 Å². The molecular weight excluding hydrogens is 585 g/mol. The standard InChI is InChI=1S/C27H28Cl2F2N4O6/c1-12-3-4-16(22(31)21(12)30)17-10-34(33-32-17)23-24(38)20(11-36)41-26(25(23)40-2)27(39)35(18-5-6-19(18)37)15-8-13(28)7-14(29)9-15/h3-4,7-10,18-20,23-26,36-38H,5-6,11H2,1-2H3/t18-,19-,20+,23-,24-,25+,26+/m0/s1. The number of rotatable bonds is 7. The molecule has 0 unspecified atom stereocenters. The van der Waals surface area contributed by atoms with Crippen molar-refractivity contribution in [1.29, 1.82) is 0 Å². The first-order valence-corrected chi connectivity index (χ1v) is 13.6. The summed E-state index contributed by atoms with van der Waals surface area (Å²) >= 11 is 12.4. The molecule has 1 aliphatic carbocycles. The van der Waals surface area contributed by atoms with E-state index >= 15 is 0 Å². The van der Waals surface area contributed by atoms with Crippen LogP contribution < -0.4 is 4.90 Å². The van der Waals surface area contributed by atoms with Gasteiger partial charge in [0.1, 0.15) is 30.0 Å². The van der Waals surface area contributed by atoms with E-state index in [0.717, 1.165) is 0 Å². The Balaban J connectivity index is 1.54. The second-order valence-corrected chi connectivity index (χ2v) is 11.0. The highest BCUT2D eigenvalue weighted by Crippen LogP contribution is 2.38. The average molecular weight is 613 g/mol. The van der Waals surface area contributed by atoms with E-state index in [2.05, 4.69) is 10.3 Å². The highest BCUT2D eigenvalue weighted by molar-refractivity contribution is 6.35. The molecule has 1 amide bonds. The molecule has 14 heteroatoms. The van der Waals surface area contributed by atoms with Crippen molar-refractivity contribution in [3.8, 4) is 11.3 Å². The van der Waals surface area contributed by atoms with E-state index in [9.17, 15) is 28.9 Å². The fourth-order valence-corrected chi connectivity index (χ4v) is 5.83. The van der Waals surface area contributed by atoms with Gasteiger partial charge in [-0.25, -0.2) is 13.5 Å². The third kappa shape index (κ3) is 5.45. The summed E-state index contributed by atoms with van der Waals surface area (Å²) < 4.78 is 41.7. The Morgan fingerprint density at radius 2 is 1.88 bits per heavy atom. The van der Waals surface area contributed by atoms with Gasteiger partial charge in [-0.15, -0.1) is 5.10 Å². The van der Waals surface area contributed by atoms with Crippen molar-refractivity contribution < 1.29 is 38.4 Å². The fourth-order valence-electron chi connectivity index (χ4n) is 5.31. The van der Waals surface area contributed by atoms with Crippen molar-refractivity contribution in [3.05, 3.63) is 63.8 Å². The molecule has 10 nitrogen and oxygen atoms in total. The molecule has 1 saturated carbocycles. The number of carbonyl (C=O) groups is 1. The lowest BCUT2D eigenvalue weighted by Crippen LogP contribution is -2.64. The van der Waals surface area contributed by atoms with Gasteiger partial charge in [0.25, 0.3) is 5.91 Å². The molecule has 2 aromatic carbocycles. The number of ether oxygens (including phenoxy) is 2. The number of aliphatic hydroxyl groups is 3. The molecule has 41 heavy (non-hydrogen) atoms. The lowest BCUT2D eigenvalue weighted by atomic mass is 9.85. The molecule has 2 heterocycles. The maximum Gasteiger partial charge on any atom is 0.259 e. The van der Waals surface area contributed by atoms with Crippen molar-refractivity contribution in [1.82, 2.24) is 15.0 Å². The van der Waals surface area contributed by atoms with Gasteiger partial charge < -0.3 is 29.7 Å². The molecule has 1 aliphatic heterocycles. The van der Waals surface area contributed by atoms with Crippen LogP contribution in [0.5, 0.6) is 0 Å². The minimum atomic E-state index is -1.44. The number of hydrogen-bond acceptors (Lipinski definition) is 8. The fraction of sp³-hybridized carbons (Fsp3) is 0.444. The van der Waals surface area contributed by atoms with Crippen LogP contribution in [0, 0.1) is 18.6 Å². The van der Waals surface area contributed by atoms with Crippen molar-refractivity contribution >= 4 is 34.8 Å². The van der Waals surface area contributed by atoms with E-state index < -0.39 is 66.8 Å². The van der Waals surface area contributed by atoms with Gasteiger partial charge in [-0.05, 0) is 49.6 Å². The summed E-state index contributed by atoms with van der Waals surface area (Å²) in [7, 11) is 1.30. The van der Waals surface area contributed by atoms with E-state index in [1.54, 1.807) is 0 Å². The van der Waals surface area contributed by atoms with Crippen LogP contribution >= 0.6 is 23.2 Å². The van der Waals surface area contributed by atoms with Crippen LogP contribution in [0.2, 0.25) is 10.0 Å². The maximum atomic E-state index is 14.7. The molecule has 2 fully saturated rings. The van der Waals surface area contributed by atoms with Crippen molar-refractivity contribution in [2.24, 2.45) is 0 Å². The summed E-state index contributed by atoms with van der Waals surface area (Å²) in [6.07, 6.45) is -3.86. The van der Waals surface area contributed by atoms with E-state index in [1.807, 2.05) is 0 Å². The number of benzene rings is 2. The maximum absolute atomic E-state index is 14.7. The predicted octanol–water partition coefficient (Wildman–Crippen LogP) is 3.07.